The molecule has 128 valence electrons. The van der Waals surface area contributed by atoms with Crippen LogP contribution in [0.4, 0.5) is 4.79 Å². The Morgan fingerprint density at radius 3 is 2.68 bits per heavy atom. The van der Waals surface area contributed by atoms with Crippen LogP contribution < -0.4 is 9.47 Å². The van der Waals surface area contributed by atoms with E-state index >= 15 is 0 Å². The van der Waals surface area contributed by atoms with Crippen LogP contribution in [0.5, 0.6) is 11.5 Å². The fourth-order valence-corrected chi connectivity index (χ4v) is 3.48. The van der Waals surface area contributed by atoms with Crippen LogP contribution in [-0.2, 0) is 4.79 Å². The number of imide groups is 1. The normalized spacial score (nSPS) is 15.2. The molecule has 2 rings (SSSR count). The molecule has 25 heavy (non-hydrogen) atoms. The molecule has 2 amide bonds. The molecule has 1 aromatic carbocycles. The zero-order valence-corrected chi connectivity index (χ0v) is 15.8. The van der Waals surface area contributed by atoms with Crippen LogP contribution in [0, 0.1) is 24.7 Å². The van der Waals surface area contributed by atoms with Crippen LogP contribution in [0.3, 0.4) is 0 Å². The van der Waals surface area contributed by atoms with Gasteiger partial charge in [0, 0.05) is 0 Å². The van der Waals surface area contributed by atoms with Gasteiger partial charge in [-0.2, -0.15) is 0 Å². The quantitative estimate of drug-likeness (QED) is 0.521. The molecule has 1 aliphatic rings. The Morgan fingerprint density at radius 1 is 1.28 bits per heavy atom. The van der Waals surface area contributed by atoms with Crippen LogP contribution in [-0.4, -0.2) is 35.8 Å². The van der Waals surface area contributed by atoms with Gasteiger partial charge in [-0.3, -0.25) is 14.5 Å². The summed E-state index contributed by atoms with van der Waals surface area (Å²) in [5.41, 5.74) is 0.676. The zero-order chi connectivity index (χ0) is 18.4. The number of ether oxygens (including phenoxy) is 2. The fourth-order valence-electron chi connectivity index (χ4n) is 2.07. The second-order valence-corrected chi connectivity index (χ2v) is 6.58. The van der Waals surface area contributed by atoms with Gasteiger partial charge in [0.2, 0.25) is 0 Å². The molecule has 0 saturated carbocycles. The molecule has 0 N–H and O–H groups in total. The van der Waals surface area contributed by atoms with Crippen LogP contribution in [0.25, 0.3) is 6.08 Å². The van der Waals surface area contributed by atoms with E-state index in [9.17, 15) is 9.59 Å². The molecule has 0 aliphatic carbocycles. The van der Waals surface area contributed by atoms with E-state index in [2.05, 4.69) is 27.8 Å². The van der Waals surface area contributed by atoms with Crippen LogP contribution >= 0.6 is 27.7 Å². The highest BCUT2D eigenvalue weighted by atomic mass is 79.9. The van der Waals surface area contributed by atoms with Crippen molar-refractivity contribution < 1.29 is 19.1 Å². The average molecular weight is 420 g/mol. The predicted octanol–water partition coefficient (Wildman–Crippen LogP) is 3.53. The van der Waals surface area contributed by atoms with E-state index in [1.54, 1.807) is 18.2 Å². The molecule has 0 radical (unpaired) electrons. The van der Waals surface area contributed by atoms with Crippen molar-refractivity contribution in [2.45, 2.75) is 6.92 Å². The van der Waals surface area contributed by atoms with E-state index in [1.165, 1.54) is 0 Å². The van der Waals surface area contributed by atoms with Gasteiger partial charge in [0.25, 0.3) is 11.1 Å². The highest BCUT2D eigenvalue weighted by molar-refractivity contribution is 9.10. The smallest absolute Gasteiger partial charge is 0.294 e. The molecule has 1 aliphatic heterocycles. The Hall–Kier alpha value is -2.35. The van der Waals surface area contributed by atoms with Crippen molar-refractivity contribution in [2.24, 2.45) is 0 Å². The van der Waals surface area contributed by atoms with E-state index in [1.807, 2.05) is 6.92 Å². The van der Waals surface area contributed by atoms with Gasteiger partial charge in [0.15, 0.2) is 11.5 Å². The summed E-state index contributed by atoms with van der Waals surface area (Å²) in [6.07, 6.45) is 12.0. The summed E-state index contributed by atoms with van der Waals surface area (Å²) in [6.45, 7) is 2.33. The number of rotatable bonds is 6. The lowest BCUT2D eigenvalue weighted by Crippen LogP contribution is -2.28. The lowest BCUT2D eigenvalue weighted by molar-refractivity contribution is -0.122. The van der Waals surface area contributed by atoms with E-state index < -0.39 is 5.91 Å². The SMILES string of the molecule is C#CCOc1c(Br)cc(/C=C2/SC(=O)N(CC#C)C2=O)cc1OCC. The van der Waals surface area contributed by atoms with Gasteiger partial charge in [-0.05, 0) is 58.4 Å². The molecule has 5 nitrogen and oxygen atoms in total. The third-order valence-corrected chi connectivity index (χ3v) is 4.55. The highest BCUT2D eigenvalue weighted by Gasteiger charge is 2.34. The number of carbonyl (C=O) groups is 2. The highest BCUT2D eigenvalue weighted by Crippen LogP contribution is 2.39. The average Bonchev–Trinajstić information content (AvgIpc) is 2.82. The summed E-state index contributed by atoms with van der Waals surface area (Å²) >= 11 is 4.26. The molecule has 0 bridgehead atoms. The number of terminal acetylenes is 2. The molecule has 0 aromatic heterocycles. The molecule has 0 atom stereocenters. The molecule has 7 heteroatoms. The largest absolute Gasteiger partial charge is 0.490 e. The minimum absolute atomic E-state index is 0.0469. The standard InChI is InChI=1S/C18H14BrNO4S/c1-4-7-20-17(21)15(25-18(20)22)11-12-9-13(19)16(24-8-5-2)14(10-12)23-6-3/h1-2,9-11H,6-8H2,3H3/b15-11+. The summed E-state index contributed by atoms with van der Waals surface area (Å²) in [6, 6.07) is 3.47. The van der Waals surface area contributed by atoms with Crippen LogP contribution in [0.1, 0.15) is 12.5 Å². The summed E-state index contributed by atoms with van der Waals surface area (Å²) in [7, 11) is 0. The van der Waals surface area contributed by atoms with Crippen LogP contribution in [0.2, 0.25) is 0 Å². The summed E-state index contributed by atoms with van der Waals surface area (Å²) < 4.78 is 11.7. The molecular weight excluding hydrogens is 406 g/mol. The number of carbonyl (C=O) groups excluding carboxylic acids is 2. The molecular formula is C18H14BrNO4S. The maximum atomic E-state index is 12.2. The Bertz CT molecular complexity index is 820. The van der Waals surface area contributed by atoms with Gasteiger partial charge in [-0.25, -0.2) is 0 Å². The number of hydrogen-bond acceptors (Lipinski definition) is 5. The Morgan fingerprint density at radius 2 is 2.04 bits per heavy atom. The van der Waals surface area contributed by atoms with Gasteiger partial charge in [0.05, 0.1) is 22.5 Å². The van der Waals surface area contributed by atoms with Crippen molar-refractivity contribution in [1.82, 2.24) is 4.90 Å². The lowest BCUT2D eigenvalue weighted by Gasteiger charge is -2.13. The molecule has 1 heterocycles. The first-order valence-corrected chi connectivity index (χ1v) is 8.84. The summed E-state index contributed by atoms with van der Waals surface area (Å²) in [5, 5.41) is -0.382. The third-order valence-electron chi connectivity index (χ3n) is 3.05. The fraction of sp³-hybridized carbons (Fsp3) is 0.222. The predicted molar refractivity (Wildman–Crippen MR) is 101 cm³/mol. The van der Waals surface area contributed by atoms with E-state index in [0.717, 1.165) is 16.7 Å². The minimum Gasteiger partial charge on any atom is -0.490 e. The van der Waals surface area contributed by atoms with Gasteiger partial charge in [0.1, 0.15) is 6.61 Å². The topological polar surface area (TPSA) is 55.8 Å². The van der Waals surface area contributed by atoms with Gasteiger partial charge in [-0.15, -0.1) is 12.8 Å². The monoisotopic (exact) mass is 419 g/mol. The maximum absolute atomic E-state index is 12.2. The van der Waals surface area contributed by atoms with Crippen LogP contribution in [0.15, 0.2) is 21.5 Å². The number of benzene rings is 1. The van der Waals surface area contributed by atoms with Crippen molar-refractivity contribution in [3.05, 3.63) is 27.1 Å². The minimum atomic E-state index is -0.408. The maximum Gasteiger partial charge on any atom is 0.294 e. The first-order chi connectivity index (χ1) is 12.0. The lowest BCUT2D eigenvalue weighted by atomic mass is 10.2. The Labute approximate surface area is 158 Å². The first-order valence-electron chi connectivity index (χ1n) is 7.23. The van der Waals surface area contributed by atoms with Crippen molar-refractivity contribution in [2.75, 3.05) is 19.8 Å². The van der Waals surface area contributed by atoms with Crippen molar-refractivity contribution >= 4 is 44.9 Å². The second-order valence-electron chi connectivity index (χ2n) is 4.73. The summed E-state index contributed by atoms with van der Waals surface area (Å²) in [4.78, 5) is 25.4. The first kappa shape index (κ1) is 19.0. The molecule has 1 fully saturated rings. The van der Waals surface area contributed by atoms with Crippen molar-refractivity contribution in [3.8, 4) is 36.2 Å². The Balaban J connectivity index is 2.37. The Kier molecular flexibility index (Phi) is 6.58. The van der Waals surface area contributed by atoms with Gasteiger partial charge < -0.3 is 9.47 Å². The van der Waals surface area contributed by atoms with Gasteiger partial charge >= 0.3 is 0 Å². The van der Waals surface area contributed by atoms with Crippen molar-refractivity contribution in [3.63, 3.8) is 0 Å². The van der Waals surface area contributed by atoms with E-state index in [0.29, 0.717) is 33.0 Å². The zero-order valence-electron chi connectivity index (χ0n) is 13.4. The van der Waals surface area contributed by atoms with Crippen molar-refractivity contribution in [1.29, 1.82) is 0 Å². The summed E-state index contributed by atoms with van der Waals surface area (Å²) in [5.74, 6) is 5.26. The van der Waals surface area contributed by atoms with Gasteiger partial charge in [-0.1, -0.05) is 11.8 Å². The molecule has 1 saturated heterocycles. The molecule has 1 aromatic rings. The number of amides is 2. The third kappa shape index (κ3) is 4.39. The number of nitrogens with zero attached hydrogens (tertiary/aromatic N) is 1. The number of halogens is 1. The number of thioether (sulfide) groups is 1. The molecule has 0 spiro atoms. The second kappa shape index (κ2) is 8.66. The molecule has 0 unspecified atom stereocenters. The van der Waals surface area contributed by atoms with E-state index in [-0.39, 0.29) is 18.4 Å². The van der Waals surface area contributed by atoms with E-state index in [4.69, 9.17) is 22.3 Å². The number of hydrogen-bond donors (Lipinski definition) is 0.